The van der Waals surface area contributed by atoms with Gasteiger partial charge in [-0.1, -0.05) is 29.8 Å². The molecular formula is C17H22N2O3. The normalized spacial score (nSPS) is 25.6. The van der Waals surface area contributed by atoms with Gasteiger partial charge >= 0.3 is 0 Å². The number of hydrogen-bond acceptors (Lipinski definition) is 3. The Labute approximate surface area is 130 Å². The highest BCUT2D eigenvalue weighted by Crippen LogP contribution is 2.38. The Morgan fingerprint density at radius 3 is 2.45 bits per heavy atom. The average Bonchev–Trinajstić information content (AvgIpc) is 2.84. The van der Waals surface area contributed by atoms with Crippen molar-refractivity contribution in [3.05, 3.63) is 35.4 Å². The van der Waals surface area contributed by atoms with Crippen LogP contribution in [0.1, 0.15) is 23.6 Å². The lowest BCUT2D eigenvalue weighted by atomic mass is 9.92. The Bertz CT molecular complexity index is 564. The number of likely N-dealkylation sites (tertiary alicyclic amines) is 1. The Morgan fingerprint density at radius 2 is 1.82 bits per heavy atom. The summed E-state index contributed by atoms with van der Waals surface area (Å²) in [5.74, 6) is -0.179. The summed E-state index contributed by atoms with van der Waals surface area (Å²) in [5, 5.41) is 0. The lowest BCUT2D eigenvalue weighted by Gasteiger charge is -2.32. The van der Waals surface area contributed by atoms with E-state index in [0.29, 0.717) is 32.7 Å². The van der Waals surface area contributed by atoms with Crippen molar-refractivity contribution in [2.24, 2.45) is 5.92 Å². The summed E-state index contributed by atoms with van der Waals surface area (Å²) < 4.78 is 5.31. The van der Waals surface area contributed by atoms with Crippen LogP contribution in [0.5, 0.6) is 0 Å². The second kappa shape index (κ2) is 6.08. The molecule has 2 heterocycles. The van der Waals surface area contributed by atoms with Crippen LogP contribution in [0, 0.1) is 12.8 Å². The van der Waals surface area contributed by atoms with E-state index in [1.807, 2.05) is 36.1 Å². The van der Waals surface area contributed by atoms with Crippen molar-refractivity contribution in [3.8, 4) is 0 Å². The van der Waals surface area contributed by atoms with E-state index in [1.165, 1.54) is 5.56 Å². The zero-order valence-electron chi connectivity index (χ0n) is 13.1. The minimum atomic E-state index is -0.293. The number of aryl methyl sites for hydroxylation is 1. The molecule has 3 rings (SSSR count). The number of rotatable bonds is 2. The molecule has 0 saturated carbocycles. The lowest BCUT2D eigenvalue weighted by molar-refractivity contribution is -0.140. The van der Waals surface area contributed by atoms with Crippen LogP contribution in [0.15, 0.2) is 24.3 Å². The van der Waals surface area contributed by atoms with Gasteiger partial charge in [-0.2, -0.15) is 0 Å². The van der Waals surface area contributed by atoms with Crippen LogP contribution >= 0.6 is 0 Å². The molecule has 0 aliphatic carbocycles. The monoisotopic (exact) mass is 302 g/mol. The number of nitrogens with zero attached hydrogens (tertiary/aromatic N) is 2. The first-order valence-corrected chi connectivity index (χ1v) is 7.76. The maximum Gasteiger partial charge on any atom is 0.228 e. The van der Waals surface area contributed by atoms with Crippen molar-refractivity contribution in [2.75, 3.05) is 33.4 Å². The Kier molecular flexibility index (Phi) is 4.16. The molecule has 0 radical (unpaired) electrons. The van der Waals surface area contributed by atoms with E-state index in [9.17, 15) is 9.59 Å². The third-order valence-corrected chi connectivity index (χ3v) is 4.65. The lowest BCUT2D eigenvalue weighted by Crippen LogP contribution is -2.44. The molecule has 5 heteroatoms. The fourth-order valence-corrected chi connectivity index (χ4v) is 3.33. The zero-order valence-corrected chi connectivity index (χ0v) is 13.1. The second-order valence-corrected chi connectivity index (χ2v) is 6.11. The molecule has 2 aliphatic rings. The predicted molar refractivity (Wildman–Crippen MR) is 82.2 cm³/mol. The summed E-state index contributed by atoms with van der Waals surface area (Å²) in [7, 11) is 1.79. The van der Waals surface area contributed by atoms with E-state index in [-0.39, 0.29) is 23.8 Å². The van der Waals surface area contributed by atoms with Gasteiger partial charge in [0.1, 0.15) is 0 Å². The van der Waals surface area contributed by atoms with Gasteiger partial charge in [-0.3, -0.25) is 9.59 Å². The van der Waals surface area contributed by atoms with E-state index in [4.69, 9.17) is 4.74 Å². The third-order valence-electron chi connectivity index (χ3n) is 4.65. The SMILES string of the molecule is Cc1ccc([C@H]2[C@H](C(=O)N3CCOCC3)CC(=O)N2C)cc1. The summed E-state index contributed by atoms with van der Waals surface area (Å²) in [6.45, 7) is 4.43. The molecule has 2 atom stereocenters. The molecule has 1 aromatic rings. The minimum Gasteiger partial charge on any atom is -0.378 e. The molecule has 2 fully saturated rings. The van der Waals surface area contributed by atoms with Crippen LogP contribution in [0.4, 0.5) is 0 Å². The number of carbonyl (C=O) groups excluding carboxylic acids is 2. The van der Waals surface area contributed by atoms with Gasteiger partial charge in [0.15, 0.2) is 0 Å². The second-order valence-electron chi connectivity index (χ2n) is 6.11. The topological polar surface area (TPSA) is 49.9 Å². The van der Waals surface area contributed by atoms with Crippen molar-refractivity contribution >= 4 is 11.8 Å². The number of ether oxygens (including phenoxy) is 1. The predicted octanol–water partition coefficient (Wildman–Crippen LogP) is 1.37. The van der Waals surface area contributed by atoms with Gasteiger partial charge in [0, 0.05) is 26.6 Å². The van der Waals surface area contributed by atoms with Crippen LogP contribution in [0.3, 0.4) is 0 Å². The summed E-state index contributed by atoms with van der Waals surface area (Å²) in [6.07, 6.45) is 0.297. The van der Waals surface area contributed by atoms with Crippen molar-refractivity contribution in [1.29, 1.82) is 0 Å². The van der Waals surface area contributed by atoms with Crippen LogP contribution in [-0.4, -0.2) is 55.0 Å². The zero-order chi connectivity index (χ0) is 15.7. The molecule has 22 heavy (non-hydrogen) atoms. The maximum atomic E-state index is 12.8. The van der Waals surface area contributed by atoms with E-state index >= 15 is 0 Å². The summed E-state index contributed by atoms with van der Waals surface area (Å²) in [6, 6.07) is 7.94. The Morgan fingerprint density at radius 1 is 1.18 bits per heavy atom. The van der Waals surface area contributed by atoms with Crippen molar-refractivity contribution in [1.82, 2.24) is 9.80 Å². The molecular weight excluding hydrogens is 280 g/mol. The molecule has 2 aliphatic heterocycles. The van der Waals surface area contributed by atoms with Crippen molar-refractivity contribution in [2.45, 2.75) is 19.4 Å². The minimum absolute atomic E-state index is 0.0391. The van der Waals surface area contributed by atoms with Gasteiger partial charge in [0.05, 0.1) is 25.2 Å². The first kappa shape index (κ1) is 15.0. The number of morpholine rings is 1. The van der Waals surface area contributed by atoms with Gasteiger partial charge in [-0.15, -0.1) is 0 Å². The van der Waals surface area contributed by atoms with Crippen LogP contribution < -0.4 is 0 Å². The van der Waals surface area contributed by atoms with E-state index in [2.05, 4.69) is 0 Å². The quantitative estimate of drug-likeness (QED) is 0.829. The van der Waals surface area contributed by atoms with Gasteiger partial charge in [-0.05, 0) is 12.5 Å². The molecule has 1 aromatic carbocycles. The first-order valence-electron chi connectivity index (χ1n) is 7.76. The number of amides is 2. The fourth-order valence-electron chi connectivity index (χ4n) is 3.33. The molecule has 2 saturated heterocycles. The molecule has 0 spiro atoms. The highest BCUT2D eigenvalue weighted by atomic mass is 16.5. The summed E-state index contributed by atoms with van der Waals surface area (Å²) >= 11 is 0. The Balaban J connectivity index is 1.86. The van der Waals surface area contributed by atoms with Gasteiger partial charge in [-0.25, -0.2) is 0 Å². The molecule has 0 aromatic heterocycles. The van der Waals surface area contributed by atoms with Gasteiger partial charge < -0.3 is 14.5 Å². The number of benzene rings is 1. The van der Waals surface area contributed by atoms with Gasteiger partial charge in [0.25, 0.3) is 0 Å². The van der Waals surface area contributed by atoms with Crippen LogP contribution in [-0.2, 0) is 14.3 Å². The summed E-state index contributed by atoms with van der Waals surface area (Å²) in [4.78, 5) is 28.5. The Hall–Kier alpha value is -1.88. The standard InChI is InChI=1S/C17H22N2O3/c1-12-3-5-13(6-4-12)16-14(11-15(20)18(16)2)17(21)19-7-9-22-10-8-19/h3-6,14,16H,7-11H2,1-2H3/t14-,16+/m1/s1. The molecule has 0 bridgehead atoms. The largest absolute Gasteiger partial charge is 0.378 e. The van der Waals surface area contributed by atoms with Crippen LogP contribution in [0.2, 0.25) is 0 Å². The molecule has 5 nitrogen and oxygen atoms in total. The third kappa shape index (κ3) is 2.73. The highest BCUT2D eigenvalue weighted by molar-refractivity contribution is 5.90. The van der Waals surface area contributed by atoms with Crippen molar-refractivity contribution < 1.29 is 14.3 Å². The molecule has 0 N–H and O–H groups in total. The van der Waals surface area contributed by atoms with E-state index in [0.717, 1.165) is 5.56 Å². The maximum absolute atomic E-state index is 12.8. The smallest absolute Gasteiger partial charge is 0.228 e. The van der Waals surface area contributed by atoms with Crippen molar-refractivity contribution in [3.63, 3.8) is 0 Å². The fraction of sp³-hybridized carbons (Fsp3) is 0.529. The average molecular weight is 302 g/mol. The van der Waals surface area contributed by atoms with E-state index in [1.54, 1.807) is 11.9 Å². The first-order chi connectivity index (χ1) is 10.6. The van der Waals surface area contributed by atoms with Crippen LogP contribution in [0.25, 0.3) is 0 Å². The summed E-state index contributed by atoms with van der Waals surface area (Å²) in [5.41, 5.74) is 2.21. The molecule has 2 amide bonds. The van der Waals surface area contributed by atoms with E-state index < -0.39 is 0 Å². The number of hydrogen-bond donors (Lipinski definition) is 0. The molecule has 0 unspecified atom stereocenters. The highest BCUT2D eigenvalue weighted by Gasteiger charge is 2.44. The molecule has 118 valence electrons. The number of carbonyl (C=O) groups is 2. The van der Waals surface area contributed by atoms with Gasteiger partial charge in [0.2, 0.25) is 11.8 Å².